The number of carbonyl (C=O) groups is 1. The number of hydrogen-bond donors (Lipinski definition) is 2. The molecule has 1 aromatic rings. The number of rotatable bonds is 2. The Morgan fingerprint density at radius 1 is 1.24 bits per heavy atom. The van der Waals surface area contributed by atoms with Gasteiger partial charge in [-0.2, -0.15) is 0 Å². The molecular formula is C20H26O4Sn. The van der Waals surface area contributed by atoms with Crippen LogP contribution in [-0.4, -0.2) is 47.9 Å². The second-order valence-electron chi connectivity index (χ2n) is 6.55. The average molecular weight is 449 g/mol. The van der Waals surface area contributed by atoms with Gasteiger partial charge in [0.15, 0.2) is 0 Å². The van der Waals surface area contributed by atoms with Crippen LogP contribution in [0.1, 0.15) is 67.8 Å². The standard InChI is InChI=1S/C20H26O4.Sn/c1-2-10-17-12-9-7-5-3-4-6-8-11-15-13-16(21)14-18(22)19(15)20(23)24-17;/h7,9,13-14,17,21-22H,2-6,10-12H2,1H3;/b9-7+;. The topological polar surface area (TPSA) is 66.8 Å². The quantitative estimate of drug-likeness (QED) is 0.410. The van der Waals surface area contributed by atoms with Gasteiger partial charge in [0.05, 0.1) is 0 Å². The van der Waals surface area contributed by atoms with Gasteiger partial charge in [0, 0.05) is 0 Å². The van der Waals surface area contributed by atoms with Crippen LogP contribution >= 0.6 is 0 Å². The van der Waals surface area contributed by atoms with E-state index in [9.17, 15) is 15.0 Å². The van der Waals surface area contributed by atoms with Crippen LogP contribution in [0.4, 0.5) is 0 Å². The van der Waals surface area contributed by atoms with Crippen LogP contribution in [0.15, 0.2) is 24.3 Å². The number of hydrogen-bond acceptors (Lipinski definition) is 4. The zero-order valence-corrected chi connectivity index (χ0v) is 17.6. The fraction of sp³-hybridized carbons (Fsp3) is 0.500. The van der Waals surface area contributed by atoms with Crippen LogP contribution < -0.4 is 0 Å². The number of allylic oxidation sites excluding steroid dienone is 1. The van der Waals surface area contributed by atoms with Crippen molar-refractivity contribution >= 4 is 31.5 Å². The van der Waals surface area contributed by atoms with Gasteiger partial charge in [-0.1, -0.05) is 0 Å². The third-order valence-electron chi connectivity index (χ3n) is 4.34. The predicted molar refractivity (Wildman–Crippen MR) is 101 cm³/mol. The monoisotopic (exact) mass is 450 g/mol. The van der Waals surface area contributed by atoms with Crippen molar-refractivity contribution in [3.63, 3.8) is 0 Å². The number of fused-ring (bicyclic) bond motifs is 1. The number of carbonyl (C=O) groups excluding carboxylic acids is 1. The van der Waals surface area contributed by atoms with E-state index in [0.29, 0.717) is 18.4 Å². The molecule has 134 valence electrons. The number of phenolic OH excluding ortho intramolecular Hbond substituents is 2. The van der Waals surface area contributed by atoms with E-state index < -0.39 is 5.97 Å². The van der Waals surface area contributed by atoms with E-state index in [1.54, 1.807) is 6.07 Å². The van der Waals surface area contributed by atoms with Crippen LogP contribution in [0.2, 0.25) is 0 Å². The second-order valence-corrected chi connectivity index (χ2v) is 8.57. The van der Waals surface area contributed by atoms with Crippen LogP contribution in [-0.2, 0) is 11.2 Å². The molecule has 1 aliphatic heterocycles. The molecule has 0 aliphatic carbocycles. The molecule has 2 rings (SSSR count). The summed E-state index contributed by atoms with van der Waals surface area (Å²) in [7, 11) is 0. The fourth-order valence-electron chi connectivity index (χ4n) is 3.09. The van der Waals surface area contributed by atoms with Gasteiger partial charge in [-0.25, -0.2) is 0 Å². The van der Waals surface area contributed by atoms with Gasteiger partial charge in [0.2, 0.25) is 0 Å². The maximum atomic E-state index is 12.7. The van der Waals surface area contributed by atoms with Crippen molar-refractivity contribution in [2.45, 2.75) is 64.4 Å². The van der Waals surface area contributed by atoms with E-state index in [4.69, 9.17) is 4.74 Å². The molecule has 1 aromatic carbocycles. The van der Waals surface area contributed by atoms with E-state index in [1.807, 2.05) is 0 Å². The summed E-state index contributed by atoms with van der Waals surface area (Å²) >= 11 is 1.32. The first-order chi connectivity index (χ1) is 12.0. The second kappa shape index (κ2) is 10.00. The zero-order valence-electron chi connectivity index (χ0n) is 14.8. The van der Waals surface area contributed by atoms with Crippen LogP contribution in [0, 0.1) is 0 Å². The Morgan fingerprint density at radius 3 is 2.80 bits per heavy atom. The molecule has 5 heteroatoms. The van der Waals surface area contributed by atoms with E-state index in [1.165, 1.54) is 31.6 Å². The SMILES string of the molecule is CCCC1C/C=C/CCCC[C](=[Sn])Cc2cc(O)cc(O)c2C(=O)O1. The number of esters is 1. The Balaban J connectivity index is 2.35. The van der Waals surface area contributed by atoms with Crippen molar-refractivity contribution in [3.05, 3.63) is 35.4 Å². The summed E-state index contributed by atoms with van der Waals surface area (Å²) in [5.74, 6) is -0.733. The molecule has 1 unspecified atom stereocenters. The molecule has 0 spiro atoms. The first-order valence-electron chi connectivity index (χ1n) is 8.98. The average Bonchev–Trinajstić information content (AvgIpc) is 2.52. The van der Waals surface area contributed by atoms with Crippen molar-refractivity contribution in [2.75, 3.05) is 0 Å². The molecule has 0 fully saturated rings. The summed E-state index contributed by atoms with van der Waals surface area (Å²) in [6.07, 6.45) is 11.4. The summed E-state index contributed by atoms with van der Waals surface area (Å²) in [6.45, 7) is 2.06. The third kappa shape index (κ3) is 6.17. The summed E-state index contributed by atoms with van der Waals surface area (Å²) in [6, 6.07) is 2.78. The van der Waals surface area contributed by atoms with E-state index in [-0.39, 0.29) is 23.2 Å². The Bertz CT molecular complexity index is 651. The van der Waals surface area contributed by atoms with Crippen molar-refractivity contribution < 1.29 is 19.7 Å². The number of phenols is 2. The number of ether oxygens (including phenoxy) is 1. The molecule has 0 saturated heterocycles. The molecule has 25 heavy (non-hydrogen) atoms. The Labute approximate surface area is 162 Å². The van der Waals surface area contributed by atoms with E-state index in [2.05, 4.69) is 19.1 Å². The molecule has 1 aliphatic rings. The van der Waals surface area contributed by atoms with Gasteiger partial charge in [-0.3, -0.25) is 0 Å². The molecule has 0 saturated carbocycles. The minimum absolute atomic E-state index is 0.0261. The first kappa shape index (κ1) is 20.0. The molecule has 2 radical (unpaired) electrons. The maximum absolute atomic E-state index is 12.7. The van der Waals surface area contributed by atoms with Gasteiger partial charge < -0.3 is 0 Å². The van der Waals surface area contributed by atoms with Crippen LogP contribution in [0.3, 0.4) is 0 Å². The number of benzene rings is 1. The zero-order chi connectivity index (χ0) is 18.2. The van der Waals surface area contributed by atoms with Crippen LogP contribution in [0.25, 0.3) is 0 Å². The van der Waals surface area contributed by atoms with Crippen molar-refractivity contribution in [2.24, 2.45) is 0 Å². The van der Waals surface area contributed by atoms with E-state index in [0.717, 1.165) is 38.5 Å². The Morgan fingerprint density at radius 2 is 2.04 bits per heavy atom. The molecule has 0 bridgehead atoms. The molecular weight excluding hydrogens is 423 g/mol. The Hall–Kier alpha value is -1.30. The minimum atomic E-state index is -0.500. The normalized spacial score (nSPS) is 21.1. The molecule has 0 amide bonds. The summed E-state index contributed by atoms with van der Waals surface area (Å²) in [5.41, 5.74) is 0.844. The molecule has 1 atom stereocenters. The first-order valence-corrected chi connectivity index (χ1v) is 10.4. The summed E-state index contributed by atoms with van der Waals surface area (Å²) < 4.78 is 7.00. The van der Waals surface area contributed by atoms with Gasteiger partial charge in [0.1, 0.15) is 0 Å². The van der Waals surface area contributed by atoms with Crippen molar-refractivity contribution in [1.29, 1.82) is 0 Å². The predicted octanol–water partition coefficient (Wildman–Crippen LogP) is 3.83. The van der Waals surface area contributed by atoms with Crippen LogP contribution in [0.5, 0.6) is 11.5 Å². The van der Waals surface area contributed by atoms with Gasteiger partial charge in [-0.05, 0) is 0 Å². The summed E-state index contributed by atoms with van der Waals surface area (Å²) in [4.78, 5) is 12.7. The Kier molecular flexibility index (Phi) is 8.00. The molecule has 4 nitrogen and oxygen atoms in total. The summed E-state index contributed by atoms with van der Waals surface area (Å²) in [5, 5.41) is 20.1. The van der Waals surface area contributed by atoms with E-state index >= 15 is 0 Å². The molecule has 1 heterocycles. The van der Waals surface area contributed by atoms with Crippen molar-refractivity contribution in [1.82, 2.24) is 0 Å². The number of cyclic esters (lactones) is 1. The van der Waals surface area contributed by atoms with Gasteiger partial charge >= 0.3 is 163 Å². The van der Waals surface area contributed by atoms with Gasteiger partial charge in [-0.15, -0.1) is 0 Å². The fourth-order valence-corrected chi connectivity index (χ4v) is 4.13. The molecule has 0 aromatic heterocycles. The number of aromatic hydroxyl groups is 2. The van der Waals surface area contributed by atoms with Gasteiger partial charge in [0.25, 0.3) is 0 Å². The van der Waals surface area contributed by atoms with Crippen molar-refractivity contribution in [3.8, 4) is 11.5 Å². The molecule has 2 N–H and O–H groups in total. The third-order valence-corrected chi connectivity index (χ3v) is 5.56.